The molecule has 27 heavy (non-hydrogen) atoms. The standard InChI is InChI=1S/C20H24FNO4S/c1-3-11-22(12-15-7-5-4-6-8-15)13-16-14-25-17-9-10-18(27(2,23)24)19(21)20(17)26-16/h4-10,16H,3,11-14H2,1-2H3/t16-/m0/s1. The molecule has 0 fully saturated rings. The molecule has 2 aromatic carbocycles. The topological polar surface area (TPSA) is 55.8 Å². The van der Waals surface area contributed by atoms with E-state index in [2.05, 4.69) is 24.0 Å². The zero-order chi connectivity index (χ0) is 19.4. The van der Waals surface area contributed by atoms with Crippen molar-refractivity contribution in [3.8, 4) is 11.5 Å². The first-order valence-electron chi connectivity index (χ1n) is 8.96. The predicted octanol–water partition coefficient (Wildman–Crippen LogP) is 3.28. The normalized spacial score (nSPS) is 16.5. The smallest absolute Gasteiger partial charge is 0.198 e. The average Bonchev–Trinajstić information content (AvgIpc) is 2.62. The Morgan fingerprint density at radius 2 is 1.93 bits per heavy atom. The first kappa shape index (κ1) is 19.6. The van der Waals surface area contributed by atoms with Gasteiger partial charge >= 0.3 is 0 Å². The highest BCUT2D eigenvalue weighted by atomic mass is 32.2. The molecule has 5 nitrogen and oxygen atoms in total. The van der Waals surface area contributed by atoms with E-state index in [9.17, 15) is 12.8 Å². The van der Waals surface area contributed by atoms with Crippen LogP contribution in [0.25, 0.3) is 0 Å². The minimum Gasteiger partial charge on any atom is -0.486 e. The number of ether oxygens (including phenoxy) is 2. The summed E-state index contributed by atoms with van der Waals surface area (Å²) in [5.74, 6) is -0.767. The van der Waals surface area contributed by atoms with Crippen LogP contribution in [-0.2, 0) is 16.4 Å². The maximum Gasteiger partial charge on any atom is 0.198 e. The first-order valence-corrected chi connectivity index (χ1v) is 10.9. The quantitative estimate of drug-likeness (QED) is 0.723. The molecule has 146 valence electrons. The largest absolute Gasteiger partial charge is 0.486 e. The summed E-state index contributed by atoms with van der Waals surface area (Å²) in [5, 5.41) is 0. The zero-order valence-corrected chi connectivity index (χ0v) is 16.3. The fourth-order valence-electron chi connectivity index (χ4n) is 3.18. The van der Waals surface area contributed by atoms with E-state index in [1.165, 1.54) is 17.7 Å². The van der Waals surface area contributed by atoms with Gasteiger partial charge in [0.2, 0.25) is 0 Å². The van der Waals surface area contributed by atoms with Gasteiger partial charge in [-0.15, -0.1) is 0 Å². The van der Waals surface area contributed by atoms with Crippen LogP contribution in [0.3, 0.4) is 0 Å². The Balaban J connectivity index is 1.76. The predicted molar refractivity (Wildman–Crippen MR) is 101 cm³/mol. The Morgan fingerprint density at radius 1 is 1.19 bits per heavy atom. The van der Waals surface area contributed by atoms with E-state index in [1.807, 2.05) is 18.2 Å². The molecule has 1 heterocycles. The van der Waals surface area contributed by atoms with Crippen LogP contribution in [0.5, 0.6) is 11.5 Å². The molecule has 0 unspecified atom stereocenters. The number of hydrogen-bond acceptors (Lipinski definition) is 5. The molecule has 1 atom stereocenters. The van der Waals surface area contributed by atoms with E-state index >= 15 is 0 Å². The number of benzene rings is 2. The number of nitrogens with zero attached hydrogens (tertiary/aromatic N) is 1. The summed E-state index contributed by atoms with van der Waals surface area (Å²) in [6, 6.07) is 12.8. The van der Waals surface area contributed by atoms with Crippen LogP contribution in [-0.4, -0.2) is 45.4 Å². The number of sulfone groups is 1. The molecule has 2 aromatic rings. The van der Waals surface area contributed by atoms with Crippen molar-refractivity contribution in [3.63, 3.8) is 0 Å². The van der Waals surface area contributed by atoms with Crippen LogP contribution in [0.2, 0.25) is 0 Å². The van der Waals surface area contributed by atoms with Gasteiger partial charge in [-0.3, -0.25) is 4.90 Å². The van der Waals surface area contributed by atoms with Crippen molar-refractivity contribution >= 4 is 9.84 Å². The van der Waals surface area contributed by atoms with E-state index < -0.39 is 15.7 Å². The maximum atomic E-state index is 14.7. The Labute approximate surface area is 159 Å². The van der Waals surface area contributed by atoms with E-state index in [0.29, 0.717) is 13.2 Å². The van der Waals surface area contributed by atoms with Crippen molar-refractivity contribution in [3.05, 3.63) is 53.8 Å². The van der Waals surface area contributed by atoms with Gasteiger partial charge in [-0.2, -0.15) is 0 Å². The minimum absolute atomic E-state index is 0.120. The molecule has 0 aliphatic carbocycles. The molecule has 0 aromatic heterocycles. The molecule has 1 aliphatic rings. The average molecular weight is 393 g/mol. The highest BCUT2D eigenvalue weighted by molar-refractivity contribution is 7.90. The summed E-state index contributed by atoms with van der Waals surface area (Å²) >= 11 is 0. The molecule has 0 amide bonds. The number of fused-ring (bicyclic) bond motifs is 1. The summed E-state index contributed by atoms with van der Waals surface area (Å²) in [6.45, 7) is 4.58. The van der Waals surface area contributed by atoms with Gasteiger partial charge in [0.15, 0.2) is 27.2 Å². The first-order chi connectivity index (χ1) is 12.9. The number of hydrogen-bond donors (Lipinski definition) is 0. The van der Waals surface area contributed by atoms with Gasteiger partial charge < -0.3 is 9.47 Å². The van der Waals surface area contributed by atoms with Gasteiger partial charge in [0.1, 0.15) is 17.6 Å². The lowest BCUT2D eigenvalue weighted by atomic mass is 10.2. The van der Waals surface area contributed by atoms with Gasteiger partial charge in [0, 0.05) is 19.3 Å². The highest BCUT2D eigenvalue weighted by Gasteiger charge is 2.29. The van der Waals surface area contributed by atoms with E-state index in [1.54, 1.807) is 0 Å². The van der Waals surface area contributed by atoms with Gasteiger partial charge in [-0.1, -0.05) is 37.3 Å². The van der Waals surface area contributed by atoms with Crippen molar-refractivity contribution in [2.45, 2.75) is 30.9 Å². The molecule has 0 spiro atoms. The Bertz CT molecular complexity index is 886. The zero-order valence-electron chi connectivity index (χ0n) is 15.5. The van der Waals surface area contributed by atoms with Gasteiger partial charge in [0.05, 0.1) is 0 Å². The van der Waals surface area contributed by atoms with Crippen molar-refractivity contribution in [2.75, 3.05) is 26.0 Å². The monoisotopic (exact) mass is 393 g/mol. The number of halogens is 1. The lowest BCUT2D eigenvalue weighted by Crippen LogP contribution is -2.41. The second-order valence-corrected chi connectivity index (χ2v) is 8.73. The molecule has 7 heteroatoms. The van der Waals surface area contributed by atoms with Crippen molar-refractivity contribution in [1.29, 1.82) is 0 Å². The lowest BCUT2D eigenvalue weighted by Gasteiger charge is -2.31. The maximum absolute atomic E-state index is 14.7. The molecule has 1 aliphatic heterocycles. The van der Waals surface area contributed by atoms with Gasteiger partial charge in [0.25, 0.3) is 0 Å². The van der Waals surface area contributed by atoms with Crippen molar-refractivity contribution < 1.29 is 22.3 Å². The fraction of sp³-hybridized carbons (Fsp3) is 0.400. The van der Waals surface area contributed by atoms with E-state index in [4.69, 9.17) is 9.47 Å². The van der Waals surface area contributed by atoms with Crippen LogP contribution >= 0.6 is 0 Å². The summed E-state index contributed by atoms with van der Waals surface area (Å²) in [6.07, 6.45) is 1.57. The molecule has 0 saturated heterocycles. The van der Waals surface area contributed by atoms with Crippen LogP contribution in [0.1, 0.15) is 18.9 Å². The van der Waals surface area contributed by atoms with Crippen LogP contribution in [0.15, 0.2) is 47.4 Å². The van der Waals surface area contributed by atoms with Crippen molar-refractivity contribution in [1.82, 2.24) is 4.90 Å². The van der Waals surface area contributed by atoms with Crippen LogP contribution in [0.4, 0.5) is 4.39 Å². The summed E-state index contributed by atoms with van der Waals surface area (Å²) in [4.78, 5) is 1.85. The third kappa shape index (κ3) is 4.78. The van der Waals surface area contributed by atoms with Gasteiger partial charge in [-0.05, 0) is 30.7 Å². The third-order valence-electron chi connectivity index (χ3n) is 4.38. The fourth-order valence-corrected chi connectivity index (χ4v) is 3.92. The van der Waals surface area contributed by atoms with E-state index in [0.717, 1.165) is 25.8 Å². The molecule has 0 N–H and O–H groups in total. The molecule has 0 bridgehead atoms. The molecular formula is C20H24FNO4S. The van der Waals surface area contributed by atoms with Gasteiger partial charge in [-0.25, -0.2) is 12.8 Å². The number of rotatable bonds is 7. The minimum atomic E-state index is -3.68. The van der Waals surface area contributed by atoms with Crippen LogP contribution in [0, 0.1) is 5.82 Å². The molecule has 0 saturated carbocycles. The van der Waals surface area contributed by atoms with E-state index in [-0.39, 0.29) is 22.5 Å². The summed E-state index contributed by atoms with van der Waals surface area (Å²) in [5.41, 5.74) is 1.19. The lowest BCUT2D eigenvalue weighted by molar-refractivity contribution is 0.0518. The van der Waals surface area contributed by atoms with Crippen molar-refractivity contribution in [2.24, 2.45) is 0 Å². The Hall–Kier alpha value is -2.12. The second kappa shape index (κ2) is 8.27. The summed E-state index contributed by atoms with van der Waals surface area (Å²) in [7, 11) is -3.68. The molecular weight excluding hydrogens is 369 g/mol. The SMILES string of the molecule is CCCN(Cc1ccccc1)C[C@H]1COc2ccc(S(C)(=O)=O)c(F)c2O1. The molecule has 0 radical (unpaired) electrons. The second-order valence-electron chi connectivity index (χ2n) is 6.75. The van der Waals surface area contributed by atoms with Crippen LogP contribution < -0.4 is 9.47 Å². The Kier molecular flexibility index (Phi) is 6.01. The Morgan fingerprint density at radius 3 is 2.59 bits per heavy atom. The molecule has 3 rings (SSSR count). The summed E-state index contributed by atoms with van der Waals surface area (Å²) < 4.78 is 49.6. The highest BCUT2D eigenvalue weighted by Crippen LogP contribution is 2.37. The third-order valence-corrected chi connectivity index (χ3v) is 5.50.